The Kier molecular flexibility index (Phi) is 10.00. The molecule has 0 aromatic carbocycles. The molecular formula is C34H46F2N8O4. The lowest BCUT2D eigenvalue weighted by Crippen LogP contribution is -2.42. The van der Waals surface area contributed by atoms with Crippen LogP contribution >= 0.6 is 0 Å². The number of nitrogens with zero attached hydrogens (tertiary/aromatic N) is 7. The Morgan fingerprint density at radius 2 is 1.83 bits per heavy atom. The molecule has 5 heterocycles. The zero-order valence-electron chi connectivity index (χ0n) is 28.2. The molecule has 0 atom stereocenters. The summed E-state index contributed by atoms with van der Waals surface area (Å²) in [4.78, 5) is 40.5. The molecule has 3 aromatic heterocycles. The van der Waals surface area contributed by atoms with Crippen molar-refractivity contribution < 1.29 is 27.5 Å². The number of ether oxygens (including phenoxy) is 1. The molecule has 260 valence electrons. The molecule has 14 heteroatoms. The number of piperidine rings is 2. The van der Waals surface area contributed by atoms with Crippen LogP contribution in [0.15, 0.2) is 35.2 Å². The van der Waals surface area contributed by atoms with Crippen LogP contribution in [0.25, 0.3) is 11.5 Å². The zero-order chi connectivity index (χ0) is 34.0. The van der Waals surface area contributed by atoms with Gasteiger partial charge in [0.15, 0.2) is 11.4 Å². The van der Waals surface area contributed by atoms with E-state index in [1.807, 2.05) is 33.9 Å². The first-order chi connectivity index (χ1) is 22.9. The van der Waals surface area contributed by atoms with Crippen LogP contribution in [0, 0.1) is 5.92 Å². The summed E-state index contributed by atoms with van der Waals surface area (Å²) < 4.78 is 40.7. The Hall–Kier alpha value is -4.07. The fraction of sp³-hybridized carbons (Fsp3) is 0.618. The molecule has 0 radical (unpaired) electrons. The van der Waals surface area contributed by atoms with E-state index in [-0.39, 0.29) is 29.4 Å². The van der Waals surface area contributed by atoms with Gasteiger partial charge in [0.05, 0.1) is 11.7 Å². The highest BCUT2D eigenvalue weighted by Gasteiger charge is 2.30. The van der Waals surface area contributed by atoms with Gasteiger partial charge in [-0.25, -0.2) is 23.5 Å². The lowest BCUT2D eigenvalue weighted by atomic mass is 9.93. The summed E-state index contributed by atoms with van der Waals surface area (Å²) in [6.07, 6.45) is 8.09. The van der Waals surface area contributed by atoms with Gasteiger partial charge >= 0.3 is 6.09 Å². The molecule has 0 spiro atoms. The van der Waals surface area contributed by atoms with E-state index < -0.39 is 23.6 Å². The van der Waals surface area contributed by atoms with Crippen LogP contribution in [0.4, 0.5) is 25.1 Å². The van der Waals surface area contributed by atoms with E-state index in [9.17, 15) is 18.4 Å². The Bertz CT molecular complexity index is 1570. The molecule has 1 saturated carbocycles. The van der Waals surface area contributed by atoms with Crippen LogP contribution in [-0.2, 0) is 4.74 Å². The Morgan fingerprint density at radius 3 is 2.50 bits per heavy atom. The topological polar surface area (TPSA) is 122 Å². The van der Waals surface area contributed by atoms with Gasteiger partial charge in [0, 0.05) is 57.2 Å². The normalized spacial score (nSPS) is 18.4. The average molecular weight is 669 g/mol. The third-order valence-electron chi connectivity index (χ3n) is 9.45. The number of hydrogen-bond donors (Lipinski definition) is 1. The van der Waals surface area contributed by atoms with Crippen molar-refractivity contribution in [2.75, 3.05) is 50.0 Å². The Morgan fingerprint density at radius 1 is 1.10 bits per heavy atom. The minimum Gasteiger partial charge on any atom is -0.444 e. The molecule has 3 aliphatic rings. The van der Waals surface area contributed by atoms with Crippen molar-refractivity contribution in [2.45, 2.75) is 89.8 Å². The SMILES string of the molecule is CN(c1cc(-c2nc(C(=O)Nc3cn(C4CCN(CCC5CCN(C(=O)OC(C)(C)C)CC5)CC4)nc3C(F)F)co2)ccn1)C1CC1. The molecule has 1 N–H and O–H groups in total. The van der Waals surface area contributed by atoms with Gasteiger partial charge in [0.1, 0.15) is 17.7 Å². The molecule has 0 unspecified atom stereocenters. The maximum Gasteiger partial charge on any atom is 0.410 e. The van der Waals surface area contributed by atoms with Gasteiger partial charge in [0.2, 0.25) is 5.89 Å². The first-order valence-corrected chi connectivity index (χ1v) is 17.0. The number of hydrogen-bond acceptors (Lipinski definition) is 9. The first-order valence-electron chi connectivity index (χ1n) is 17.0. The number of carbonyl (C=O) groups excluding carboxylic acids is 2. The summed E-state index contributed by atoms with van der Waals surface area (Å²) in [5.41, 5.74) is -0.336. The number of aromatic nitrogens is 4. The summed E-state index contributed by atoms with van der Waals surface area (Å²) in [7, 11) is 1.99. The lowest BCUT2D eigenvalue weighted by molar-refractivity contribution is 0.0176. The van der Waals surface area contributed by atoms with Crippen molar-refractivity contribution in [1.82, 2.24) is 29.5 Å². The number of rotatable bonds is 10. The molecule has 3 aromatic rings. The molecule has 12 nitrogen and oxygen atoms in total. The van der Waals surface area contributed by atoms with Crippen LogP contribution in [0.1, 0.15) is 94.4 Å². The molecule has 0 bridgehead atoms. The van der Waals surface area contributed by atoms with Crippen LogP contribution in [0.3, 0.4) is 0 Å². The molecule has 1 aliphatic carbocycles. The van der Waals surface area contributed by atoms with E-state index in [0.29, 0.717) is 30.6 Å². The van der Waals surface area contributed by atoms with E-state index in [1.54, 1.807) is 21.8 Å². The third kappa shape index (κ3) is 8.31. The second-order valence-corrected chi connectivity index (χ2v) is 14.2. The maximum absolute atomic E-state index is 14.0. The van der Waals surface area contributed by atoms with Crippen molar-refractivity contribution in [3.63, 3.8) is 0 Å². The molecule has 48 heavy (non-hydrogen) atoms. The number of halogens is 2. The average Bonchev–Trinajstić information content (AvgIpc) is 3.63. The zero-order valence-corrected chi connectivity index (χ0v) is 28.2. The van der Waals surface area contributed by atoms with E-state index in [2.05, 4.69) is 30.2 Å². The van der Waals surface area contributed by atoms with E-state index >= 15 is 0 Å². The fourth-order valence-electron chi connectivity index (χ4n) is 6.44. The van der Waals surface area contributed by atoms with Crippen LogP contribution in [0.5, 0.6) is 0 Å². The largest absolute Gasteiger partial charge is 0.444 e. The number of alkyl halides is 2. The maximum atomic E-state index is 14.0. The first kappa shape index (κ1) is 33.8. The van der Waals surface area contributed by atoms with Crippen molar-refractivity contribution in [3.8, 4) is 11.5 Å². The summed E-state index contributed by atoms with van der Waals surface area (Å²) in [6.45, 7) is 9.70. The van der Waals surface area contributed by atoms with Gasteiger partial charge in [-0.3, -0.25) is 9.48 Å². The van der Waals surface area contributed by atoms with Gasteiger partial charge in [-0.05, 0) is 90.3 Å². The quantitative estimate of drug-likeness (QED) is 0.262. The van der Waals surface area contributed by atoms with Crippen LogP contribution in [-0.4, -0.2) is 93.0 Å². The standard InChI is InChI=1S/C34H46F2N8O4/c1-34(2,3)48-33(46)43-17-9-22(10-18-43)8-14-42-15-11-25(12-16-42)44-20-26(29(40-44)30(35)36)38-31(45)27-21-47-32(39-27)23-7-13-37-28(19-23)41(4)24-5-6-24/h7,13,19-22,24-25,30H,5-6,8-12,14-18H2,1-4H3,(H,38,45). The Balaban J connectivity index is 0.994. The highest BCUT2D eigenvalue weighted by Crippen LogP contribution is 2.33. The summed E-state index contributed by atoms with van der Waals surface area (Å²) in [5.74, 6) is 0.944. The van der Waals surface area contributed by atoms with Crippen molar-refractivity contribution in [3.05, 3.63) is 42.2 Å². The number of carbonyl (C=O) groups is 2. The van der Waals surface area contributed by atoms with Gasteiger partial charge in [0.25, 0.3) is 12.3 Å². The smallest absolute Gasteiger partial charge is 0.410 e. The number of oxazole rings is 1. The minimum atomic E-state index is -2.85. The van der Waals surface area contributed by atoms with Gasteiger partial charge < -0.3 is 29.2 Å². The lowest BCUT2D eigenvalue weighted by Gasteiger charge is -2.36. The predicted octanol–water partition coefficient (Wildman–Crippen LogP) is 6.40. The number of likely N-dealkylation sites (tertiary alicyclic amines) is 2. The van der Waals surface area contributed by atoms with Gasteiger partial charge in [-0.2, -0.15) is 5.10 Å². The van der Waals surface area contributed by atoms with E-state index in [0.717, 1.165) is 70.4 Å². The Labute approximate surface area is 279 Å². The third-order valence-corrected chi connectivity index (χ3v) is 9.45. The monoisotopic (exact) mass is 668 g/mol. The number of amides is 2. The molecule has 2 aliphatic heterocycles. The van der Waals surface area contributed by atoms with Crippen LogP contribution in [0.2, 0.25) is 0 Å². The summed E-state index contributed by atoms with van der Waals surface area (Å²) >= 11 is 0. The number of pyridine rings is 1. The second kappa shape index (κ2) is 14.2. The highest BCUT2D eigenvalue weighted by atomic mass is 19.3. The summed E-state index contributed by atoms with van der Waals surface area (Å²) in [5, 5.41) is 6.79. The van der Waals surface area contributed by atoms with Crippen molar-refractivity contribution in [1.29, 1.82) is 0 Å². The molecule has 2 amide bonds. The van der Waals surface area contributed by atoms with Gasteiger partial charge in [-0.1, -0.05) is 0 Å². The number of anilines is 2. The molecule has 2 saturated heterocycles. The number of nitrogens with one attached hydrogen (secondary N) is 1. The fourth-order valence-corrected chi connectivity index (χ4v) is 6.44. The molecular weight excluding hydrogens is 622 g/mol. The van der Waals surface area contributed by atoms with E-state index in [4.69, 9.17) is 9.15 Å². The predicted molar refractivity (Wildman–Crippen MR) is 176 cm³/mol. The minimum absolute atomic E-state index is 0.0179. The molecule has 6 rings (SSSR count). The van der Waals surface area contributed by atoms with Crippen molar-refractivity contribution >= 4 is 23.5 Å². The molecule has 3 fully saturated rings. The second-order valence-electron chi connectivity index (χ2n) is 14.2. The summed E-state index contributed by atoms with van der Waals surface area (Å²) in [6, 6.07) is 4.03. The van der Waals surface area contributed by atoms with Crippen molar-refractivity contribution in [2.24, 2.45) is 5.92 Å². The van der Waals surface area contributed by atoms with Gasteiger partial charge in [-0.15, -0.1) is 0 Å². The highest BCUT2D eigenvalue weighted by molar-refractivity contribution is 6.03. The van der Waals surface area contributed by atoms with Crippen LogP contribution < -0.4 is 10.2 Å². The van der Waals surface area contributed by atoms with E-state index in [1.165, 1.54) is 12.5 Å².